The first-order valence-corrected chi connectivity index (χ1v) is 4.78. The van der Waals surface area contributed by atoms with Crippen molar-refractivity contribution in [1.82, 2.24) is 0 Å². The van der Waals surface area contributed by atoms with E-state index in [2.05, 4.69) is 10.1 Å². The van der Waals surface area contributed by atoms with Crippen LogP contribution in [-0.2, 0) is 9.53 Å². The van der Waals surface area contributed by atoms with Crippen LogP contribution in [0.3, 0.4) is 0 Å². The topological polar surface area (TPSA) is 38.3 Å². The van der Waals surface area contributed by atoms with Crippen molar-refractivity contribution in [2.45, 2.75) is 19.4 Å². The van der Waals surface area contributed by atoms with Crippen LogP contribution in [-0.4, -0.2) is 19.1 Å². The molecule has 0 amide bonds. The molecular formula is C11H14FNO2. The van der Waals surface area contributed by atoms with Crippen LogP contribution in [0, 0.1) is 5.82 Å². The van der Waals surface area contributed by atoms with Gasteiger partial charge in [0.1, 0.15) is 11.9 Å². The van der Waals surface area contributed by atoms with Crippen molar-refractivity contribution in [1.29, 1.82) is 0 Å². The molecule has 0 heterocycles. The van der Waals surface area contributed by atoms with Crippen LogP contribution in [0.4, 0.5) is 10.1 Å². The van der Waals surface area contributed by atoms with Crippen LogP contribution < -0.4 is 5.32 Å². The highest BCUT2D eigenvalue weighted by Gasteiger charge is 2.17. The number of rotatable bonds is 4. The third-order valence-electron chi connectivity index (χ3n) is 2.10. The Morgan fingerprint density at radius 2 is 2.20 bits per heavy atom. The Hall–Kier alpha value is -1.58. The van der Waals surface area contributed by atoms with Gasteiger partial charge in [-0.15, -0.1) is 0 Å². The molecule has 1 atom stereocenters. The summed E-state index contributed by atoms with van der Waals surface area (Å²) >= 11 is 0. The highest BCUT2D eigenvalue weighted by atomic mass is 19.1. The number of hydrogen-bond acceptors (Lipinski definition) is 3. The van der Waals surface area contributed by atoms with Gasteiger partial charge in [0, 0.05) is 0 Å². The average Bonchev–Trinajstić information content (AvgIpc) is 2.27. The fourth-order valence-corrected chi connectivity index (χ4v) is 1.24. The quantitative estimate of drug-likeness (QED) is 0.776. The molecule has 0 bridgehead atoms. The molecule has 0 aliphatic heterocycles. The molecule has 0 aromatic heterocycles. The number of carbonyl (C=O) groups excluding carboxylic acids is 1. The number of carbonyl (C=O) groups is 1. The Morgan fingerprint density at radius 1 is 1.53 bits per heavy atom. The average molecular weight is 211 g/mol. The third kappa shape index (κ3) is 2.94. The van der Waals surface area contributed by atoms with E-state index in [1.54, 1.807) is 18.2 Å². The number of hydrogen-bond donors (Lipinski definition) is 1. The maximum absolute atomic E-state index is 13.2. The van der Waals surface area contributed by atoms with Gasteiger partial charge in [-0.1, -0.05) is 19.1 Å². The monoisotopic (exact) mass is 211 g/mol. The second-order valence-corrected chi connectivity index (χ2v) is 3.11. The molecule has 82 valence electrons. The van der Waals surface area contributed by atoms with Crippen LogP contribution in [0.1, 0.15) is 13.3 Å². The van der Waals surface area contributed by atoms with Crippen molar-refractivity contribution in [2.75, 3.05) is 12.4 Å². The highest BCUT2D eigenvalue weighted by molar-refractivity contribution is 5.79. The number of nitrogens with one attached hydrogen (secondary N) is 1. The zero-order valence-corrected chi connectivity index (χ0v) is 8.79. The van der Waals surface area contributed by atoms with Crippen LogP contribution in [0.2, 0.25) is 0 Å². The van der Waals surface area contributed by atoms with Gasteiger partial charge in [0.05, 0.1) is 12.8 Å². The lowest BCUT2D eigenvalue weighted by Crippen LogP contribution is -2.30. The zero-order valence-electron chi connectivity index (χ0n) is 8.79. The summed E-state index contributed by atoms with van der Waals surface area (Å²) in [5, 5.41) is 2.80. The van der Waals surface area contributed by atoms with Crippen molar-refractivity contribution >= 4 is 11.7 Å². The maximum Gasteiger partial charge on any atom is 0.328 e. The van der Waals surface area contributed by atoms with Gasteiger partial charge in [0.2, 0.25) is 0 Å². The summed E-state index contributed by atoms with van der Waals surface area (Å²) in [6, 6.07) is 5.72. The second-order valence-electron chi connectivity index (χ2n) is 3.11. The Kier molecular flexibility index (Phi) is 4.09. The first-order chi connectivity index (χ1) is 7.19. The summed E-state index contributed by atoms with van der Waals surface area (Å²) in [6.45, 7) is 1.83. The molecule has 1 aromatic carbocycles. The normalized spacial score (nSPS) is 11.9. The highest BCUT2D eigenvalue weighted by Crippen LogP contribution is 2.14. The molecule has 1 N–H and O–H groups in total. The van der Waals surface area contributed by atoms with Crippen molar-refractivity contribution < 1.29 is 13.9 Å². The lowest BCUT2D eigenvalue weighted by atomic mass is 10.2. The van der Waals surface area contributed by atoms with E-state index in [0.29, 0.717) is 12.1 Å². The molecule has 1 unspecified atom stereocenters. The lowest BCUT2D eigenvalue weighted by Gasteiger charge is -2.15. The van der Waals surface area contributed by atoms with Gasteiger partial charge in [0.15, 0.2) is 0 Å². The number of anilines is 1. The molecule has 3 nitrogen and oxygen atoms in total. The molecule has 0 aliphatic carbocycles. The van der Waals surface area contributed by atoms with E-state index < -0.39 is 6.04 Å². The Morgan fingerprint density at radius 3 is 2.73 bits per heavy atom. The third-order valence-corrected chi connectivity index (χ3v) is 2.10. The van der Waals surface area contributed by atoms with Gasteiger partial charge in [-0.05, 0) is 18.6 Å². The molecule has 4 heteroatoms. The number of methoxy groups -OCH3 is 1. The summed E-state index contributed by atoms with van der Waals surface area (Å²) in [6.07, 6.45) is 0.543. The largest absolute Gasteiger partial charge is 0.467 e. The van der Waals surface area contributed by atoms with Gasteiger partial charge in [-0.3, -0.25) is 0 Å². The molecular weight excluding hydrogens is 197 g/mol. The minimum Gasteiger partial charge on any atom is -0.467 e. The van der Waals surface area contributed by atoms with Crippen LogP contribution >= 0.6 is 0 Å². The molecule has 0 saturated carbocycles. The molecule has 1 aromatic rings. The van der Waals surface area contributed by atoms with Gasteiger partial charge in [-0.25, -0.2) is 9.18 Å². The summed E-state index contributed by atoms with van der Waals surface area (Å²) in [5.74, 6) is -0.763. The fraction of sp³-hybridized carbons (Fsp3) is 0.364. The number of para-hydroxylation sites is 1. The molecule has 0 aliphatic rings. The minimum absolute atomic E-state index is 0.315. The van der Waals surface area contributed by atoms with E-state index in [9.17, 15) is 9.18 Å². The van der Waals surface area contributed by atoms with Crippen LogP contribution in [0.5, 0.6) is 0 Å². The van der Waals surface area contributed by atoms with Crippen LogP contribution in [0.15, 0.2) is 24.3 Å². The van der Waals surface area contributed by atoms with Crippen molar-refractivity contribution in [2.24, 2.45) is 0 Å². The predicted molar refractivity (Wildman–Crippen MR) is 56.1 cm³/mol. The molecule has 1 rings (SSSR count). The number of benzene rings is 1. The number of halogens is 1. The number of esters is 1. The molecule has 0 spiro atoms. The summed E-state index contributed by atoms with van der Waals surface area (Å²) in [4.78, 5) is 11.3. The first-order valence-electron chi connectivity index (χ1n) is 4.78. The molecule has 0 fully saturated rings. The maximum atomic E-state index is 13.2. The lowest BCUT2D eigenvalue weighted by molar-refractivity contribution is -0.141. The SMILES string of the molecule is CCC(Nc1ccccc1F)C(=O)OC. The minimum atomic E-state index is -0.508. The van der Waals surface area contributed by atoms with Gasteiger partial charge >= 0.3 is 5.97 Å². The van der Waals surface area contributed by atoms with E-state index in [-0.39, 0.29) is 11.8 Å². The Balaban J connectivity index is 2.75. The van der Waals surface area contributed by atoms with Gasteiger partial charge in [0.25, 0.3) is 0 Å². The van der Waals surface area contributed by atoms with Gasteiger partial charge < -0.3 is 10.1 Å². The van der Waals surface area contributed by atoms with Crippen molar-refractivity contribution in [3.8, 4) is 0 Å². The van der Waals surface area contributed by atoms with E-state index in [0.717, 1.165) is 0 Å². The predicted octanol–water partition coefficient (Wildman–Crippen LogP) is 2.19. The van der Waals surface area contributed by atoms with Crippen molar-refractivity contribution in [3.05, 3.63) is 30.1 Å². The van der Waals surface area contributed by atoms with Crippen LogP contribution in [0.25, 0.3) is 0 Å². The summed E-state index contributed by atoms with van der Waals surface area (Å²) < 4.78 is 17.8. The van der Waals surface area contributed by atoms with E-state index in [1.807, 2.05) is 6.92 Å². The fourth-order valence-electron chi connectivity index (χ4n) is 1.24. The smallest absolute Gasteiger partial charge is 0.328 e. The molecule has 0 radical (unpaired) electrons. The first kappa shape index (κ1) is 11.5. The van der Waals surface area contributed by atoms with E-state index >= 15 is 0 Å². The van der Waals surface area contributed by atoms with E-state index in [1.165, 1.54) is 13.2 Å². The van der Waals surface area contributed by atoms with E-state index in [4.69, 9.17) is 0 Å². The second kappa shape index (κ2) is 5.34. The molecule has 0 saturated heterocycles. The number of ether oxygens (including phenoxy) is 1. The Bertz CT molecular complexity index is 341. The van der Waals surface area contributed by atoms with Crippen molar-refractivity contribution in [3.63, 3.8) is 0 Å². The summed E-state index contributed by atoms with van der Waals surface area (Å²) in [7, 11) is 1.31. The summed E-state index contributed by atoms with van der Waals surface area (Å²) in [5.41, 5.74) is 0.315. The standard InChI is InChI=1S/C11H14FNO2/c1-3-9(11(14)15-2)13-10-7-5-4-6-8(10)12/h4-7,9,13H,3H2,1-2H3. The Labute approximate surface area is 88.2 Å². The van der Waals surface area contributed by atoms with Gasteiger partial charge in [-0.2, -0.15) is 0 Å². The molecule has 15 heavy (non-hydrogen) atoms. The zero-order chi connectivity index (χ0) is 11.3.